The minimum absolute atomic E-state index is 0.287. The van der Waals surface area contributed by atoms with Gasteiger partial charge in [0.05, 0.1) is 12.3 Å². The van der Waals surface area contributed by atoms with Crippen LogP contribution in [0.1, 0.15) is 12.5 Å². The van der Waals surface area contributed by atoms with Gasteiger partial charge in [0, 0.05) is 13.2 Å². The summed E-state index contributed by atoms with van der Waals surface area (Å²) in [6, 6.07) is 7.76. The van der Waals surface area contributed by atoms with Crippen molar-refractivity contribution in [1.82, 2.24) is 0 Å². The summed E-state index contributed by atoms with van der Waals surface area (Å²) in [5, 5.41) is 0. The van der Waals surface area contributed by atoms with E-state index < -0.39 is 0 Å². The average Bonchev–Trinajstić information content (AvgIpc) is 2.43. The van der Waals surface area contributed by atoms with E-state index in [2.05, 4.69) is 0 Å². The van der Waals surface area contributed by atoms with Gasteiger partial charge in [-0.15, -0.1) is 0 Å². The van der Waals surface area contributed by atoms with E-state index in [1.807, 2.05) is 43.3 Å². The summed E-state index contributed by atoms with van der Waals surface area (Å²) in [6.07, 6.45) is 3.64. The molecule has 1 aliphatic rings. The first-order valence-corrected chi connectivity index (χ1v) is 6.10. The Bertz CT molecular complexity index is 442. The van der Waals surface area contributed by atoms with Crippen LogP contribution in [0.25, 0.3) is 6.08 Å². The zero-order valence-electron chi connectivity index (χ0n) is 10.5. The van der Waals surface area contributed by atoms with Crippen molar-refractivity contribution >= 4 is 17.9 Å². The van der Waals surface area contributed by atoms with Gasteiger partial charge in [-0.2, -0.15) is 0 Å². The number of fused-ring (bicyclic) bond motifs is 1. The minimum Gasteiger partial charge on any atom is -0.447 e. The van der Waals surface area contributed by atoms with Gasteiger partial charge in [0.2, 0.25) is 0 Å². The standard InChI is InChI=1S/C14H17NO3/c1-2-17-10-11-18-14(16)15-9-5-7-12-6-3-4-8-13(12)15/h3-8H,2,9-11H2,1H3. The molecule has 4 heteroatoms. The Morgan fingerprint density at radius 1 is 1.33 bits per heavy atom. The number of anilines is 1. The van der Waals surface area contributed by atoms with Crippen LogP contribution >= 0.6 is 0 Å². The fourth-order valence-electron chi connectivity index (χ4n) is 1.84. The minimum atomic E-state index is -0.327. The Hall–Kier alpha value is -1.81. The number of benzene rings is 1. The largest absolute Gasteiger partial charge is 0.447 e. The number of para-hydroxylation sites is 1. The molecule has 1 aromatic carbocycles. The van der Waals surface area contributed by atoms with Gasteiger partial charge in [-0.1, -0.05) is 30.4 Å². The van der Waals surface area contributed by atoms with Crippen molar-refractivity contribution in [3.63, 3.8) is 0 Å². The summed E-state index contributed by atoms with van der Waals surface area (Å²) in [5.41, 5.74) is 1.92. The summed E-state index contributed by atoms with van der Waals surface area (Å²) in [5.74, 6) is 0. The summed E-state index contributed by atoms with van der Waals surface area (Å²) in [4.78, 5) is 13.6. The van der Waals surface area contributed by atoms with Gasteiger partial charge in [0.1, 0.15) is 6.61 Å². The van der Waals surface area contributed by atoms with Crippen molar-refractivity contribution in [3.8, 4) is 0 Å². The Labute approximate surface area is 107 Å². The molecule has 1 aliphatic heterocycles. The monoisotopic (exact) mass is 247 g/mol. The fraction of sp³-hybridized carbons (Fsp3) is 0.357. The summed E-state index contributed by atoms with van der Waals surface area (Å²) in [6.45, 7) is 3.81. The number of hydrogen-bond acceptors (Lipinski definition) is 3. The van der Waals surface area contributed by atoms with Crippen molar-refractivity contribution in [3.05, 3.63) is 35.9 Å². The van der Waals surface area contributed by atoms with E-state index in [9.17, 15) is 4.79 Å². The molecule has 0 bridgehead atoms. The van der Waals surface area contributed by atoms with Crippen LogP contribution in [0.3, 0.4) is 0 Å². The molecule has 4 nitrogen and oxygen atoms in total. The molecule has 0 spiro atoms. The molecule has 1 heterocycles. The van der Waals surface area contributed by atoms with Gasteiger partial charge in [0.15, 0.2) is 0 Å². The normalized spacial score (nSPS) is 13.3. The molecule has 0 fully saturated rings. The molecule has 0 radical (unpaired) electrons. The molecule has 1 aromatic rings. The second kappa shape index (κ2) is 6.21. The highest BCUT2D eigenvalue weighted by Crippen LogP contribution is 2.25. The van der Waals surface area contributed by atoms with Crippen LogP contribution < -0.4 is 4.90 Å². The number of carbonyl (C=O) groups excluding carboxylic acids is 1. The third kappa shape index (κ3) is 2.90. The maximum atomic E-state index is 11.9. The van der Waals surface area contributed by atoms with E-state index >= 15 is 0 Å². The van der Waals surface area contributed by atoms with E-state index in [1.54, 1.807) is 4.90 Å². The van der Waals surface area contributed by atoms with Crippen molar-refractivity contribution in [2.45, 2.75) is 6.92 Å². The fourth-order valence-corrected chi connectivity index (χ4v) is 1.84. The Kier molecular flexibility index (Phi) is 4.36. The van der Waals surface area contributed by atoms with Gasteiger partial charge >= 0.3 is 6.09 Å². The molecule has 0 aliphatic carbocycles. The molecule has 18 heavy (non-hydrogen) atoms. The lowest BCUT2D eigenvalue weighted by Gasteiger charge is -2.25. The quantitative estimate of drug-likeness (QED) is 0.768. The second-order valence-corrected chi connectivity index (χ2v) is 3.88. The third-order valence-electron chi connectivity index (χ3n) is 2.69. The summed E-state index contributed by atoms with van der Waals surface area (Å²) in [7, 11) is 0. The highest BCUT2D eigenvalue weighted by Gasteiger charge is 2.20. The maximum Gasteiger partial charge on any atom is 0.414 e. The first kappa shape index (κ1) is 12.6. The van der Waals surface area contributed by atoms with Crippen LogP contribution in [0.2, 0.25) is 0 Å². The number of ether oxygens (including phenoxy) is 2. The van der Waals surface area contributed by atoms with Crippen molar-refractivity contribution in [2.75, 3.05) is 31.3 Å². The van der Waals surface area contributed by atoms with E-state index in [1.165, 1.54) is 0 Å². The maximum absolute atomic E-state index is 11.9. The second-order valence-electron chi connectivity index (χ2n) is 3.88. The van der Waals surface area contributed by atoms with Crippen LogP contribution in [-0.4, -0.2) is 32.5 Å². The molecule has 0 atom stereocenters. The van der Waals surface area contributed by atoms with E-state index in [0.717, 1.165) is 11.3 Å². The van der Waals surface area contributed by atoms with Crippen molar-refractivity contribution < 1.29 is 14.3 Å². The van der Waals surface area contributed by atoms with E-state index in [4.69, 9.17) is 9.47 Å². The Balaban J connectivity index is 1.97. The molecule has 2 rings (SSSR count). The SMILES string of the molecule is CCOCCOC(=O)N1CC=Cc2ccccc21. The van der Waals surface area contributed by atoms with Gasteiger partial charge in [-0.3, -0.25) is 4.90 Å². The zero-order valence-corrected chi connectivity index (χ0v) is 10.5. The van der Waals surface area contributed by atoms with E-state index in [-0.39, 0.29) is 12.7 Å². The number of hydrogen-bond donors (Lipinski definition) is 0. The number of nitrogens with zero attached hydrogens (tertiary/aromatic N) is 1. The van der Waals surface area contributed by atoms with Crippen molar-refractivity contribution in [2.24, 2.45) is 0 Å². The highest BCUT2D eigenvalue weighted by atomic mass is 16.6. The summed E-state index contributed by atoms with van der Waals surface area (Å²) >= 11 is 0. The van der Waals surface area contributed by atoms with E-state index in [0.29, 0.717) is 19.8 Å². The topological polar surface area (TPSA) is 38.8 Å². The average molecular weight is 247 g/mol. The molecule has 0 unspecified atom stereocenters. The van der Waals surface area contributed by atoms with Crippen LogP contribution in [0, 0.1) is 0 Å². The third-order valence-corrected chi connectivity index (χ3v) is 2.69. The van der Waals surface area contributed by atoms with Crippen LogP contribution in [-0.2, 0) is 9.47 Å². The van der Waals surface area contributed by atoms with Crippen LogP contribution in [0.15, 0.2) is 30.3 Å². The predicted octanol–water partition coefficient (Wildman–Crippen LogP) is 2.69. The lowest BCUT2D eigenvalue weighted by molar-refractivity contribution is 0.0821. The number of rotatable bonds is 4. The van der Waals surface area contributed by atoms with Gasteiger partial charge < -0.3 is 9.47 Å². The molecule has 0 saturated heterocycles. The van der Waals surface area contributed by atoms with Crippen LogP contribution in [0.4, 0.5) is 10.5 Å². The first-order valence-electron chi connectivity index (χ1n) is 6.10. The smallest absolute Gasteiger partial charge is 0.414 e. The number of amides is 1. The lowest BCUT2D eigenvalue weighted by Crippen LogP contribution is -2.34. The molecule has 1 amide bonds. The highest BCUT2D eigenvalue weighted by molar-refractivity contribution is 5.92. The Morgan fingerprint density at radius 2 is 2.17 bits per heavy atom. The predicted molar refractivity (Wildman–Crippen MR) is 70.7 cm³/mol. The molecule has 96 valence electrons. The van der Waals surface area contributed by atoms with Crippen molar-refractivity contribution in [1.29, 1.82) is 0 Å². The lowest BCUT2D eigenvalue weighted by atomic mass is 10.1. The molecular weight excluding hydrogens is 230 g/mol. The van der Waals surface area contributed by atoms with Gasteiger partial charge in [0.25, 0.3) is 0 Å². The first-order chi connectivity index (χ1) is 8.83. The van der Waals surface area contributed by atoms with Crippen LogP contribution in [0.5, 0.6) is 0 Å². The zero-order chi connectivity index (χ0) is 12.8. The summed E-state index contributed by atoms with van der Waals surface area (Å²) < 4.78 is 10.3. The number of carbonyl (C=O) groups is 1. The van der Waals surface area contributed by atoms with Gasteiger partial charge in [-0.25, -0.2) is 4.79 Å². The Morgan fingerprint density at radius 3 is 3.00 bits per heavy atom. The molecule has 0 N–H and O–H groups in total. The molecular formula is C14H17NO3. The van der Waals surface area contributed by atoms with Gasteiger partial charge in [-0.05, 0) is 18.6 Å². The molecule has 0 saturated carbocycles. The molecule has 0 aromatic heterocycles.